The summed E-state index contributed by atoms with van der Waals surface area (Å²) in [6, 6.07) is 3.63. The highest BCUT2D eigenvalue weighted by molar-refractivity contribution is 5.92. The van der Waals surface area contributed by atoms with E-state index in [-0.39, 0.29) is 12.0 Å². The van der Waals surface area contributed by atoms with Crippen LogP contribution in [0.25, 0.3) is 0 Å². The lowest BCUT2D eigenvalue weighted by Gasteiger charge is -2.13. The number of nitrogens with one attached hydrogen (secondary N) is 1. The zero-order chi connectivity index (χ0) is 13.8. The Kier molecular flexibility index (Phi) is 4.37. The number of rotatable bonds is 4. The van der Waals surface area contributed by atoms with Crippen LogP contribution in [0.4, 0.5) is 5.69 Å². The van der Waals surface area contributed by atoms with Gasteiger partial charge >= 0.3 is 0 Å². The first-order chi connectivity index (χ1) is 9.06. The molecule has 5 heteroatoms. The first kappa shape index (κ1) is 13.8. The Morgan fingerprint density at radius 1 is 1.53 bits per heavy atom. The van der Waals surface area contributed by atoms with Crippen molar-refractivity contribution >= 4 is 11.6 Å². The number of aliphatic hydroxyl groups excluding tert-OH is 1. The topological polar surface area (TPSA) is 65.5 Å². The van der Waals surface area contributed by atoms with Crippen LogP contribution in [0, 0.1) is 5.92 Å². The highest BCUT2D eigenvalue weighted by Crippen LogP contribution is 2.25. The van der Waals surface area contributed by atoms with Crippen LogP contribution in [-0.2, 0) is 0 Å². The van der Waals surface area contributed by atoms with E-state index >= 15 is 0 Å². The summed E-state index contributed by atoms with van der Waals surface area (Å²) < 4.78 is 0. The van der Waals surface area contributed by atoms with Crippen molar-refractivity contribution in [3.05, 3.63) is 24.0 Å². The van der Waals surface area contributed by atoms with Crippen LogP contribution in [0.2, 0.25) is 0 Å². The lowest BCUT2D eigenvalue weighted by Crippen LogP contribution is -2.23. The summed E-state index contributed by atoms with van der Waals surface area (Å²) in [5, 5.41) is 12.8. The molecule has 0 radical (unpaired) electrons. The van der Waals surface area contributed by atoms with Crippen molar-refractivity contribution in [3.63, 3.8) is 0 Å². The summed E-state index contributed by atoms with van der Waals surface area (Å²) in [6.07, 6.45) is 4.31. The van der Waals surface area contributed by atoms with Crippen molar-refractivity contribution in [2.24, 2.45) is 5.92 Å². The standard InChI is InChI=1S/C14H21N3O2/c1-17(2)14(19)13-8-11(5-6-15-13)16-9-10-3-4-12(18)7-10/h5-6,8,10,12,18H,3-4,7,9H2,1-2H3,(H,15,16). The molecule has 1 aromatic heterocycles. The van der Waals surface area contributed by atoms with E-state index in [0.29, 0.717) is 11.6 Å². The maximum absolute atomic E-state index is 11.8. The lowest BCUT2D eigenvalue weighted by atomic mass is 10.1. The molecule has 1 aromatic rings. The van der Waals surface area contributed by atoms with Gasteiger partial charge in [0, 0.05) is 32.5 Å². The molecule has 1 aliphatic carbocycles. The van der Waals surface area contributed by atoms with Crippen molar-refractivity contribution in [1.82, 2.24) is 9.88 Å². The first-order valence-electron chi connectivity index (χ1n) is 6.66. The summed E-state index contributed by atoms with van der Waals surface area (Å²) in [4.78, 5) is 17.4. The molecule has 1 saturated carbocycles. The van der Waals surface area contributed by atoms with Crippen molar-refractivity contribution in [3.8, 4) is 0 Å². The van der Waals surface area contributed by atoms with E-state index in [1.54, 1.807) is 26.4 Å². The summed E-state index contributed by atoms with van der Waals surface area (Å²) in [6.45, 7) is 0.830. The summed E-state index contributed by atoms with van der Waals surface area (Å²) >= 11 is 0. The minimum Gasteiger partial charge on any atom is -0.393 e. The van der Waals surface area contributed by atoms with Gasteiger partial charge in [-0.2, -0.15) is 0 Å². The SMILES string of the molecule is CN(C)C(=O)c1cc(NCC2CCC(O)C2)ccn1. The minimum absolute atomic E-state index is 0.0973. The molecular formula is C14H21N3O2. The summed E-state index contributed by atoms with van der Waals surface area (Å²) in [5.74, 6) is 0.413. The number of hydrogen-bond donors (Lipinski definition) is 2. The molecule has 2 unspecified atom stereocenters. The number of carbonyl (C=O) groups is 1. The molecule has 5 nitrogen and oxygen atoms in total. The van der Waals surface area contributed by atoms with Gasteiger partial charge in [0.25, 0.3) is 5.91 Å². The van der Waals surface area contributed by atoms with E-state index in [1.807, 2.05) is 6.07 Å². The second-order valence-corrected chi connectivity index (χ2v) is 5.34. The van der Waals surface area contributed by atoms with E-state index in [1.165, 1.54) is 4.90 Å². The van der Waals surface area contributed by atoms with Crippen LogP contribution in [-0.4, -0.2) is 47.6 Å². The molecule has 2 rings (SSSR count). The zero-order valence-corrected chi connectivity index (χ0v) is 11.5. The van der Waals surface area contributed by atoms with Crippen LogP contribution >= 0.6 is 0 Å². The van der Waals surface area contributed by atoms with Crippen molar-refractivity contribution in [1.29, 1.82) is 0 Å². The molecule has 2 atom stereocenters. The number of pyridine rings is 1. The molecule has 0 bridgehead atoms. The number of hydrogen-bond acceptors (Lipinski definition) is 4. The third-order valence-corrected chi connectivity index (χ3v) is 3.49. The van der Waals surface area contributed by atoms with Gasteiger partial charge in [0.05, 0.1) is 6.10 Å². The number of nitrogens with zero attached hydrogens (tertiary/aromatic N) is 2. The Balaban J connectivity index is 1.94. The molecule has 1 aliphatic rings. The number of aliphatic hydroxyl groups is 1. The number of aromatic nitrogens is 1. The van der Waals surface area contributed by atoms with Crippen molar-refractivity contribution in [2.75, 3.05) is 26.0 Å². The Hall–Kier alpha value is -1.62. The second kappa shape index (κ2) is 6.02. The van der Waals surface area contributed by atoms with Gasteiger partial charge in [0.2, 0.25) is 0 Å². The molecule has 0 aromatic carbocycles. The van der Waals surface area contributed by atoms with Crippen LogP contribution < -0.4 is 5.32 Å². The van der Waals surface area contributed by atoms with E-state index in [2.05, 4.69) is 10.3 Å². The van der Waals surface area contributed by atoms with Gasteiger partial charge in [0.1, 0.15) is 5.69 Å². The summed E-state index contributed by atoms with van der Waals surface area (Å²) in [7, 11) is 3.42. The molecule has 1 heterocycles. The third kappa shape index (κ3) is 3.67. The van der Waals surface area contributed by atoms with E-state index in [4.69, 9.17) is 0 Å². The minimum atomic E-state index is -0.143. The van der Waals surface area contributed by atoms with Gasteiger partial charge in [-0.15, -0.1) is 0 Å². The van der Waals surface area contributed by atoms with Gasteiger partial charge in [-0.1, -0.05) is 0 Å². The van der Waals surface area contributed by atoms with Crippen LogP contribution in [0.5, 0.6) is 0 Å². The molecular weight excluding hydrogens is 242 g/mol. The zero-order valence-electron chi connectivity index (χ0n) is 11.5. The average Bonchev–Trinajstić information content (AvgIpc) is 2.81. The monoisotopic (exact) mass is 263 g/mol. The highest BCUT2D eigenvalue weighted by atomic mass is 16.3. The Morgan fingerprint density at radius 2 is 2.32 bits per heavy atom. The van der Waals surface area contributed by atoms with Gasteiger partial charge in [0.15, 0.2) is 0 Å². The predicted octanol–water partition coefficient (Wildman–Crippen LogP) is 1.36. The van der Waals surface area contributed by atoms with Crippen LogP contribution in [0.15, 0.2) is 18.3 Å². The summed E-state index contributed by atoms with van der Waals surface area (Å²) in [5.41, 5.74) is 1.35. The Bertz CT molecular complexity index is 448. The molecule has 0 spiro atoms. The van der Waals surface area contributed by atoms with Gasteiger partial charge in [-0.05, 0) is 37.3 Å². The molecule has 2 N–H and O–H groups in total. The largest absolute Gasteiger partial charge is 0.393 e. The molecule has 104 valence electrons. The smallest absolute Gasteiger partial charge is 0.272 e. The maximum Gasteiger partial charge on any atom is 0.272 e. The number of carbonyl (C=O) groups excluding carboxylic acids is 1. The lowest BCUT2D eigenvalue weighted by molar-refractivity contribution is 0.0822. The Morgan fingerprint density at radius 3 is 2.95 bits per heavy atom. The second-order valence-electron chi connectivity index (χ2n) is 5.34. The van der Waals surface area contributed by atoms with E-state index in [9.17, 15) is 9.90 Å². The number of amides is 1. The highest BCUT2D eigenvalue weighted by Gasteiger charge is 2.22. The quantitative estimate of drug-likeness (QED) is 0.860. The molecule has 1 fully saturated rings. The maximum atomic E-state index is 11.8. The fourth-order valence-corrected chi connectivity index (χ4v) is 2.38. The molecule has 0 saturated heterocycles. The Labute approximate surface area is 113 Å². The van der Waals surface area contributed by atoms with Gasteiger partial charge in [-0.25, -0.2) is 0 Å². The molecule has 0 aliphatic heterocycles. The fraction of sp³-hybridized carbons (Fsp3) is 0.571. The third-order valence-electron chi connectivity index (χ3n) is 3.49. The van der Waals surface area contributed by atoms with E-state index in [0.717, 1.165) is 31.5 Å². The van der Waals surface area contributed by atoms with Crippen LogP contribution in [0.1, 0.15) is 29.8 Å². The molecule has 1 amide bonds. The van der Waals surface area contributed by atoms with Crippen LogP contribution in [0.3, 0.4) is 0 Å². The normalized spacial score (nSPS) is 22.3. The fourth-order valence-electron chi connectivity index (χ4n) is 2.38. The first-order valence-corrected chi connectivity index (χ1v) is 6.66. The average molecular weight is 263 g/mol. The van der Waals surface area contributed by atoms with Gasteiger partial charge in [-0.3, -0.25) is 9.78 Å². The number of anilines is 1. The predicted molar refractivity (Wildman–Crippen MR) is 74.1 cm³/mol. The van der Waals surface area contributed by atoms with Crippen molar-refractivity contribution in [2.45, 2.75) is 25.4 Å². The van der Waals surface area contributed by atoms with Gasteiger partial charge < -0.3 is 15.3 Å². The van der Waals surface area contributed by atoms with Crippen molar-refractivity contribution < 1.29 is 9.90 Å². The van der Waals surface area contributed by atoms with E-state index < -0.39 is 0 Å². The molecule has 19 heavy (non-hydrogen) atoms.